The maximum atomic E-state index is 12.5. The standard InChI is InChI=1S/C22H24N2O4S/c1-16(2)29(26,27)20-12-4-3-10-18(20)22(25)24-14-7-15-28-19-11-5-8-17-9-6-13-23-21(17)19/h3-6,8-13,16H,7,14-15H2,1-2H3,(H,24,25). The molecule has 152 valence electrons. The Labute approximate surface area is 170 Å². The van der Waals surface area contributed by atoms with Crippen molar-refractivity contribution in [3.8, 4) is 5.75 Å². The predicted octanol–water partition coefficient (Wildman–Crippen LogP) is 3.62. The van der Waals surface area contributed by atoms with Crippen LogP contribution in [0.5, 0.6) is 5.75 Å². The molecule has 7 heteroatoms. The lowest BCUT2D eigenvalue weighted by Gasteiger charge is -2.13. The van der Waals surface area contributed by atoms with Crippen molar-refractivity contribution < 1.29 is 17.9 Å². The molecular weight excluding hydrogens is 388 g/mol. The Balaban J connectivity index is 1.57. The fourth-order valence-electron chi connectivity index (χ4n) is 2.90. The van der Waals surface area contributed by atoms with E-state index in [0.717, 1.165) is 10.9 Å². The van der Waals surface area contributed by atoms with Crippen LogP contribution in [0.4, 0.5) is 0 Å². The van der Waals surface area contributed by atoms with Crippen molar-refractivity contribution in [3.63, 3.8) is 0 Å². The second-order valence-corrected chi connectivity index (χ2v) is 9.35. The van der Waals surface area contributed by atoms with Gasteiger partial charge in [0.2, 0.25) is 0 Å². The van der Waals surface area contributed by atoms with E-state index in [1.807, 2.05) is 30.3 Å². The first-order chi connectivity index (χ1) is 13.9. The molecule has 0 radical (unpaired) electrons. The average molecular weight is 413 g/mol. The van der Waals surface area contributed by atoms with Crippen LogP contribution < -0.4 is 10.1 Å². The molecule has 3 aromatic rings. The molecule has 1 N–H and O–H groups in total. The molecule has 6 nitrogen and oxygen atoms in total. The minimum Gasteiger partial charge on any atom is -0.491 e. The zero-order valence-electron chi connectivity index (χ0n) is 16.5. The summed E-state index contributed by atoms with van der Waals surface area (Å²) in [5.74, 6) is 0.291. The molecule has 0 unspecified atom stereocenters. The van der Waals surface area contributed by atoms with Gasteiger partial charge in [0.1, 0.15) is 11.3 Å². The van der Waals surface area contributed by atoms with Gasteiger partial charge in [0, 0.05) is 18.1 Å². The first kappa shape index (κ1) is 20.8. The summed E-state index contributed by atoms with van der Waals surface area (Å²) in [5, 5.41) is 3.18. The summed E-state index contributed by atoms with van der Waals surface area (Å²) < 4.78 is 30.8. The third-order valence-electron chi connectivity index (χ3n) is 4.52. The average Bonchev–Trinajstić information content (AvgIpc) is 2.73. The van der Waals surface area contributed by atoms with Crippen molar-refractivity contribution in [1.29, 1.82) is 0 Å². The maximum Gasteiger partial charge on any atom is 0.252 e. The minimum absolute atomic E-state index is 0.0607. The summed E-state index contributed by atoms with van der Waals surface area (Å²) in [6, 6.07) is 15.9. The van der Waals surface area contributed by atoms with Crippen LogP contribution in [-0.4, -0.2) is 37.7 Å². The maximum absolute atomic E-state index is 12.5. The van der Waals surface area contributed by atoms with Crippen molar-refractivity contribution >= 4 is 26.6 Å². The number of ether oxygens (including phenoxy) is 1. The molecule has 1 heterocycles. The number of aromatic nitrogens is 1. The van der Waals surface area contributed by atoms with Gasteiger partial charge in [0.05, 0.1) is 22.3 Å². The minimum atomic E-state index is -3.54. The van der Waals surface area contributed by atoms with Gasteiger partial charge in [-0.1, -0.05) is 30.3 Å². The lowest BCUT2D eigenvalue weighted by molar-refractivity contribution is 0.0948. The van der Waals surface area contributed by atoms with E-state index in [2.05, 4.69) is 10.3 Å². The number of para-hydroxylation sites is 1. The van der Waals surface area contributed by atoms with E-state index in [-0.39, 0.29) is 10.5 Å². The summed E-state index contributed by atoms with van der Waals surface area (Å²) in [4.78, 5) is 16.9. The van der Waals surface area contributed by atoms with E-state index in [4.69, 9.17) is 4.74 Å². The number of carbonyl (C=O) groups excluding carboxylic acids is 1. The van der Waals surface area contributed by atoms with E-state index in [1.54, 1.807) is 32.2 Å². The SMILES string of the molecule is CC(C)S(=O)(=O)c1ccccc1C(=O)NCCCOc1cccc2cccnc12. The molecule has 0 aliphatic heterocycles. The number of hydrogen-bond donors (Lipinski definition) is 1. The summed E-state index contributed by atoms with van der Waals surface area (Å²) in [7, 11) is -3.54. The van der Waals surface area contributed by atoms with E-state index in [9.17, 15) is 13.2 Å². The number of rotatable bonds is 8. The molecule has 0 fully saturated rings. The Hall–Kier alpha value is -2.93. The quantitative estimate of drug-likeness (QED) is 0.571. The molecule has 2 aromatic carbocycles. The van der Waals surface area contributed by atoms with Crippen molar-refractivity contribution in [2.24, 2.45) is 0 Å². The first-order valence-electron chi connectivity index (χ1n) is 9.49. The number of nitrogens with one attached hydrogen (secondary N) is 1. The number of pyridine rings is 1. The lowest BCUT2D eigenvalue weighted by atomic mass is 10.2. The third kappa shape index (κ3) is 4.74. The summed E-state index contributed by atoms with van der Waals surface area (Å²) in [6.07, 6.45) is 2.30. The molecule has 3 rings (SSSR count). The number of benzene rings is 2. The van der Waals surface area contributed by atoms with Crippen molar-refractivity contribution in [2.75, 3.05) is 13.2 Å². The van der Waals surface area contributed by atoms with Crippen LogP contribution in [0.3, 0.4) is 0 Å². The Morgan fingerprint density at radius 3 is 2.62 bits per heavy atom. The smallest absolute Gasteiger partial charge is 0.252 e. The van der Waals surface area contributed by atoms with Crippen LogP contribution in [0, 0.1) is 0 Å². The van der Waals surface area contributed by atoms with Crippen LogP contribution in [0.1, 0.15) is 30.6 Å². The van der Waals surface area contributed by atoms with Gasteiger partial charge in [-0.2, -0.15) is 0 Å². The topological polar surface area (TPSA) is 85.4 Å². The van der Waals surface area contributed by atoms with Crippen LogP contribution in [0.15, 0.2) is 65.7 Å². The molecule has 0 aliphatic rings. The van der Waals surface area contributed by atoms with Gasteiger partial charge in [0.25, 0.3) is 5.91 Å². The second kappa shape index (κ2) is 9.05. The van der Waals surface area contributed by atoms with Crippen LogP contribution in [0.25, 0.3) is 10.9 Å². The molecule has 0 spiro atoms. The van der Waals surface area contributed by atoms with E-state index in [0.29, 0.717) is 25.3 Å². The van der Waals surface area contributed by atoms with Gasteiger partial charge in [-0.25, -0.2) is 8.42 Å². The molecule has 1 aromatic heterocycles. The number of hydrogen-bond acceptors (Lipinski definition) is 5. The van der Waals surface area contributed by atoms with Gasteiger partial charge in [-0.15, -0.1) is 0 Å². The van der Waals surface area contributed by atoms with Crippen LogP contribution in [-0.2, 0) is 9.84 Å². The van der Waals surface area contributed by atoms with Crippen molar-refractivity contribution in [1.82, 2.24) is 10.3 Å². The van der Waals surface area contributed by atoms with Crippen molar-refractivity contribution in [3.05, 3.63) is 66.4 Å². The molecule has 0 bridgehead atoms. The summed E-state index contributed by atoms with van der Waals surface area (Å²) in [5.41, 5.74) is 0.965. The molecule has 1 amide bonds. The van der Waals surface area contributed by atoms with E-state index in [1.165, 1.54) is 12.1 Å². The number of amides is 1. The van der Waals surface area contributed by atoms with Crippen LogP contribution in [0.2, 0.25) is 0 Å². The fraction of sp³-hybridized carbons (Fsp3) is 0.273. The Morgan fingerprint density at radius 2 is 1.83 bits per heavy atom. The van der Waals surface area contributed by atoms with Crippen LogP contribution >= 0.6 is 0 Å². The van der Waals surface area contributed by atoms with Gasteiger partial charge < -0.3 is 10.1 Å². The first-order valence-corrected chi connectivity index (χ1v) is 11.0. The number of fused-ring (bicyclic) bond motifs is 1. The van der Waals surface area contributed by atoms with Gasteiger partial charge in [-0.3, -0.25) is 9.78 Å². The zero-order chi connectivity index (χ0) is 20.9. The highest BCUT2D eigenvalue weighted by Gasteiger charge is 2.24. The Kier molecular flexibility index (Phi) is 6.49. The third-order valence-corrected chi connectivity index (χ3v) is 6.73. The Bertz CT molecular complexity index is 1110. The molecule has 0 saturated carbocycles. The lowest BCUT2D eigenvalue weighted by Crippen LogP contribution is -2.28. The normalized spacial score (nSPS) is 11.6. The zero-order valence-corrected chi connectivity index (χ0v) is 17.3. The molecule has 29 heavy (non-hydrogen) atoms. The van der Waals surface area contributed by atoms with E-state index < -0.39 is 21.0 Å². The van der Waals surface area contributed by atoms with Gasteiger partial charge in [-0.05, 0) is 44.5 Å². The summed E-state index contributed by atoms with van der Waals surface area (Å²) >= 11 is 0. The number of nitrogens with zero attached hydrogens (tertiary/aromatic N) is 1. The van der Waals surface area contributed by atoms with Gasteiger partial charge in [0.15, 0.2) is 9.84 Å². The monoisotopic (exact) mass is 412 g/mol. The number of carbonyl (C=O) groups is 1. The molecule has 0 saturated heterocycles. The molecule has 0 atom stereocenters. The highest BCUT2D eigenvalue weighted by molar-refractivity contribution is 7.92. The second-order valence-electron chi connectivity index (χ2n) is 6.88. The highest BCUT2D eigenvalue weighted by atomic mass is 32.2. The van der Waals surface area contributed by atoms with Crippen molar-refractivity contribution in [2.45, 2.75) is 30.4 Å². The predicted molar refractivity (Wildman–Crippen MR) is 113 cm³/mol. The van der Waals surface area contributed by atoms with E-state index >= 15 is 0 Å². The number of sulfone groups is 1. The largest absolute Gasteiger partial charge is 0.491 e. The van der Waals surface area contributed by atoms with Gasteiger partial charge >= 0.3 is 0 Å². The molecule has 0 aliphatic carbocycles. The highest BCUT2D eigenvalue weighted by Crippen LogP contribution is 2.23. The Morgan fingerprint density at radius 1 is 1.07 bits per heavy atom. The summed E-state index contributed by atoms with van der Waals surface area (Å²) in [6.45, 7) is 3.97. The fourth-order valence-corrected chi connectivity index (χ4v) is 4.14. The molecular formula is C22H24N2O4S.